The molecule has 0 atom stereocenters. The van der Waals surface area contributed by atoms with E-state index in [1.165, 1.54) is 61.7 Å². The van der Waals surface area contributed by atoms with Crippen molar-refractivity contribution < 1.29 is 0 Å². The summed E-state index contributed by atoms with van der Waals surface area (Å²) in [6, 6.07) is 0. The standard InChI is InChI=1S/C6H12I.Na/c1-2-3-4-5-6-7;/h1-6H2;. The van der Waals surface area contributed by atoms with Crippen molar-refractivity contribution in [3.63, 3.8) is 0 Å². The van der Waals surface area contributed by atoms with Crippen molar-refractivity contribution in [2.75, 3.05) is 4.43 Å². The zero-order valence-electron chi connectivity index (χ0n) is 5.62. The fourth-order valence-corrected chi connectivity index (χ4v) is 1.74. The van der Waals surface area contributed by atoms with Gasteiger partial charge in [-0.25, -0.2) is 0 Å². The van der Waals surface area contributed by atoms with Crippen molar-refractivity contribution >= 4 is 50.5 Å². The van der Waals surface area contributed by atoms with Crippen molar-refractivity contribution in [3.8, 4) is 0 Å². The van der Waals surface area contributed by atoms with E-state index in [2.05, 4.69) is 22.6 Å². The summed E-state index contributed by atoms with van der Waals surface area (Å²) in [4.78, 5) is 0. The van der Waals surface area contributed by atoms with E-state index in [4.69, 9.17) is 0 Å². The van der Waals surface area contributed by atoms with E-state index in [0.717, 1.165) is 0 Å². The summed E-state index contributed by atoms with van der Waals surface area (Å²) in [6.07, 6.45) is 5.86. The summed E-state index contributed by atoms with van der Waals surface area (Å²) in [7, 11) is 0. The average molecular weight is 234 g/mol. The van der Waals surface area contributed by atoms with Gasteiger partial charge in [-0.2, -0.15) is 0 Å². The predicted molar refractivity (Wildman–Crippen MR) is 47.9 cm³/mol. The zero-order chi connectivity index (χ0) is 6.24. The third-order valence-electron chi connectivity index (χ3n) is 1.24. The van der Waals surface area contributed by atoms with Gasteiger partial charge < -0.3 is 0 Å². The van der Waals surface area contributed by atoms with E-state index in [0.29, 0.717) is 0 Å². The van der Waals surface area contributed by atoms with Crippen molar-refractivity contribution in [2.45, 2.75) is 29.4 Å². The number of hydrogen-bond acceptors (Lipinski definition) is 0. The van der Waals surface area contributed by atoms with Crippen molar-refractivity contribution in [3.05, 3.63) is 0 Å². The molecular weight excluding hydrogens is 222 g/mol. The van der Waals surface area contributed by atoms with Crippen LogP contribution in [0, 0.1) is 0 Å². The Morgan fingerprint density at radius 2 is 1.62 bits per heavy atom. The summed E-state index contributed by atoms with van der Waals surface area (Å²) < 4.78 is 2.85. The van der Waals surface area contributed by atoms with Crippen LogP contribution in [0.15, 0.2) is 0 Å². The molecule has 0 N–H and O–H groups in total. The first-order valence-corrected chi connectivity index (χ1v) is 6.41. The van der Waals surface area contributed by atoms with Gasteiger partial charge in [-0.05, 0) is 0 Å². The molecule has 0 spiro atoms. The number of rotatable bonds is 5. The Hall–Kier alpha value is 1.73. The van der Waals surface area contributed by atoms with Gasteiger partial charge >= 0.3 is 84.3 Å². The number of alkyl halides is 1. The van der Waals surface area contributed by atoms with E-state index in [9.17, 15) is 0 Å². The summed E-state index contributed by atoms with van der Waals surface area (Å²) in [5.74, 6) is 0. The first kappa shape index (κ1) is 9.73. The monoisotopic (exact) mass is 234 g/mol. The molecule has 0 aromatic carbocycles. The summed E-state index contributed by atoms with van der Waals surface area (Å²) in [6.45, 7) is 0. The van der Waals surface area contributed by atoms with Gasteiger partial charge in [-0.1, -0.05) is 0 Å². The van der Waals surface area contributed by atoms with Gasteiger partial charge in [-0.3, -0.25) is 0 Å². The molecule has 0 unspecified atom stereocenters. The number of unbranched alkanes of at least 4 members (excludes halogenated alkanes) is 3. The third-order valence-corrected chi connectivity index (χ3v) is 2.71. The van der Waals surface area contributed by atoms with Crippen LogP contribution < -0.4 is 0 Å². The minimum absolute atomic E-state index is 1.35. The average Bonchev–Trinajstić information content (AvgIpc) is 1.81. The first-order chi connectivity index (χ1) is 3.91. The van der Waals surface area contributed by atoms with Crippen molar-refractivity contribution in [2.24, 2.45) is 0 Å². The Bertz CT molecular complexity index is 33.5. The quantitative estimate of drug-likeness (QED) is 0.297. The first-order valence-electron chi connectivity index (χ1n) is 3.47. The van der Waals surface area contributed by atoms with Crippen LogP contribution in [0.3, 0.4) is 0 Å². The van der Waals surface area contributed by atoms with E-state index in [1.54, 1.807) is 0 Å². The van der Waals surface area contributed by atoms with Gasteiger partial charge in [0, 0.05) is 0 Å². The SMILES string of the molecule is [Na][CH2]CCCCCI. The second-order valence-electron chi connectivity index (χ2n) is 2.10. The van der Waals surface area contributed by atoms with E-state index >= 15 is 0 Å². The molecule has 0 rings (SSSR count). The van der Waals surface area contributed by atoms with Crippen LogP contribution in [-0.4, -0.2) is 32.4 Å². The van der Waals surface area contributed by atoms with E-state index in [-0.39, 0.29) is 0 Å². The fourth-order valence-electron chi connectivity index (χ4n) is 0.698. The third kappa shape index (κ3) is 7.73. The molecule has 0 saturated heterocycles. The second kappa shape index (κ2) is 8.73. The van der Waals surface area contributed by atoms with Crippen LogP contribution >= 0.6 is 22.6 Å². The molecule has 0 bridgehead atoms. The molecule has 44 valence electrons. The minimum atomic E-state index is 1.35. The predicted octanol–water partition coefficient (Wildman–Crippen LogP) is 2.57. The molecule has 0 aromatic heterocycles. The normalized spacial score (nSPS) is 9.88. The maximum atomic E-state index is 2.45. The molecule has 0 nitrogen and oxygen atoms in total. The van der Waals surface area contributed by atoms with Crippen molar-refractivity contribution in [1.82, 2.24) is 0 Å². The molecule has 0 radical (unpaired) electrons. The Morgan fingerprint density at radius 3 is 2.12 bits per heavy atom. The molecule has 0 amide bonds. The van der Waals surface area contributed by atoms with Gasteiger partial charge in [0.25, 0.3) is 0 Å². The molecule has 0 heterocycles. The van der Waals surface area contributed by atoms with Gasteiger partial charge in [0.05, 0.1) is 0 Å². The van der Waals surface area contributed by atoms with Gasteiger partial charge in [-0.15, -0.1) is 0 Å². The van der Waals surface area contributed by atoms with Crippen LogP contribution in [0.25, 0.3) is 0 Å². The molecule has 0 aromatic rings. The van der Waals surface area contributed by atoms with Crippen LogP contribution in [-0.2, 0) is 0 Å². The summed E-state index contributed by atoms with van der Waals surface area (Å²) in [5, 5.41) is 0. The van der Waals surface area contributed by atoms with Crippen LogP contribution in [0.1, 0.15) is 25.7 Å². The van der Waals surface area contributed by atoms with Crippen molar-refractivity contribution in [1.29, 1.82) is 0 Å². The molecule has 0 fully saturated rings. The Labute approximate surface area is 83.4 Å². The topological polar surface area (TPSA) is 0 Å². The van der Waals surface area contributed by atoms with E-state index in [1.807, 2.05) is 0 Å². The number of halogens is 1. The van der Waals surface area contributed by atoms with Gasteiger partial charge in [0.1, 0.15) is 0 Å². The maximum absolute atomic E-state index is 2.45. The molecular formula is C6H12INa. The Balaban J connectivity index is 2.53. The molecule has 0 aliphatic rings. The van der Waals surface area contributed by atoms with Crippen LogP contribution in [0.5, 0.6) is 0 Å². The fraction of sp³-hybridized carbons (Fsp3) is 1.00. The molecule has 8 heavy (non-hydrogen) atoms. The molecule has 2 heteroatoms. The number of hydrogen-bond donors (Lipinski definition) is 0. The summed E-state index contributed by atoms with van der Waals surface area (Å²) in [5.41, 5.74) is 0. The molecule has 0 saturated carbocycles. The van der Waals surface area contributed by atoms with E-state index < -0.39 is 0 Å². The van der Waals surface area contributed by atoms with Gasteiger partial charge in [0.15, 0.2) is 0 Å². The summed E-state index contributed by atoms with van der Waals surface area (Å²) >= 11 is 3.85. The Morgan fingerprint density at radius 1 is 1.00 bits per heavy atom. The zero-order valence-corrected chi connectivity index (χ0v) is 9.78. The van der Waals surface area contributed by atoms with Crippen LogP contribution in [0.2, 0.25) is 3.67 Å². The molecule has 0 aliphatic heterocycles. The van der Waals surface area contributed by atoms with Crippen LogP contribution in [0.4, 0.5) is 0 Å². The Kier molecular flexibility index (Phi) is 10.6. The van der Waals surface area contributed by atoms with Gasteiger partial charge in [0.2, 0.25) is 0 Å². The second-order valence-corrected chi connectivity index (χ2v) is 4.18. The molecule has 0 aliphatic carbocycles.